The first-order valence-electron chi connectivity index (χ1n) is 10.8. The Morgan fingerprint density at radius 1 is 1.15 bits per heavy atom. The zero-order valence-corrected chi connectivity index (χ0v) is 18.4. The van der Waals surface area contributed by atoms with E-state index in [0.717, 1.165) is 21.9 Å². The number of aromatic hydroxyl groups is 1. The fraction of sp³-hybridized carbons (Fsp3) is 0.160. The summed E-state index contributed by atoms with van der Waals surface area (Å²) in [6.07, 6.45) is 2.01. The number of carbonyl (C=O) groups is 1. The van der Waals surface area contributed by atoms with Crippen LogP contribution < -0.4 is 10.1 Å². The standard InChI is InChI=1S/C25H19N5O4/c1-29-11-17(14-5-3-4-6-19(14)29)18-10-20(34-28-18)25-12-30-21(22(25)26-24(32)27-25)15-8-7-13(33-2)9-16(15)23(30)31/h3-11,31H,12H2,1-2H3,(H,27,32)/t25-/m0/s1. The van der Waals surface area contributed by atoms with E-state index >= 15 is 0 Å². The zero-order chi connectivity index (χ0) is 23.2. The van der Waals surface area contributed by atoms with Gasteiger partial charge in [0.15, 0.2) is 17.2 Å². The number of methoxy groups -OCH3 is 1. The van der Waals surface area contributed by atoms with Crippen LogP contribution in [0, 0.1) is 0 Å². The van der Waals surface area contributed by atoms with Gasteiger partial charge in [0.05, 0.1) is 19.3 Å². The van der Waals surface area contributed by atoms with Gasteiger partial charge in [-0.25, -0.2) is 4.79 Å². The summed E-state index contributed by atoms with van der Waals surface area (Å²) < 4.78 is 14.9. The van der Waals surface area contributed by atoms with Gasteiger partial charge in [0, 0.05) is 46.5 Å². The molecule has 2 aromatic carbocycles. The topological polar surface area (TPSA) is 107 Å². The quantitative estimate of drug-likeness (QED) is 0.431. The second-order valence-electron chi connectivity index (χ2n) is 8.71. The van der Waals surface area contributed by atoms with Crippen molar-refractivity contribution in [3.63, 3.8) is 0 Å². The lowest BCUT2D eigenvalue weighted by atomic mass is 9.90. The van der Waals surface area contributed by atoms with Crippen LogP contribution in [0.2, 0.25) is 0 Å². The molecule has 5 aromatic rings. The Hall–Kier alpha value is -4.53. The van der Waals surface area contributed by atoms with Crippen molar-refractivity contribution in [2.24, 2.45) is 12.0 Å². The Morgan fingerprint density at radius 2 is 2.00 bits per heavy atom. The lowest BCUT2D eigenvalue weighted by Gasteiger charge is -2.21. The molecule has 1 atom stereocenters. The Labute approximate surface area is 192 Å². The van der Waals surface area contributed by atoms with Crippen molar-refractivity contribution in [1.29, 1.82) is 0 Å². The molecule has 0 bridgehead atoms. The van der Waals surface area contributed by atoms with Crippen LogP contribution in [-0.2, 0) is 19.1 Å². The van der Waals surface area contributed by atoms with E-state index in [4.69, 9.17) is 9.26 Å². The smallest absolute Gasteiger partial charge is 0.342 e. The molecule has 0 radical (unpaired) electrons. The van der Waals surface area contributed by atoms with Crippen molar-refractivity contribution in [1.82, 2.24) is 19.6 Å². The molecule has 0 spiro atoms. The SMILES string of the molecule is COc1ccc2c3n(c(O)c2c1)C[C@@]1(c2cc(-c4cn(C)c5ccccc45)no2)NC(=O)N=C31. The maximum absolute atomic E-state index is 12.5. The summed E-state index contributed by atoms with van der Waals surface area (Å²) in [5, 5.41) is 20.8. The molecule has 2 aliphatic rings. The number of nitrogens with one attached hydrogen (secondary N) is 1. The van der Waals surface area contributed by atoms with Gasteiger partial charge in [0.2, 0.25) is 0 Å². The van der Waals surface area contributed by atoms with Gasteiger partial charge in [-0.15, -0.1) is 0 Å². The Kier molecular flexibility index (Phi) is 3.51. The normalized spacial score (nSPS) is 18.9. The zero-order valence-electron chi connectivity index (χ0n) is 18.4. The lowest BCUT2D eigenvalue weighted by Crippen LogP contribution is -2.44. The van der Waals surface area contributed by atoms with Crippen LogP contribution in [0.5, 0.6) is 11.6 Å². The third-order valence-corrected chi connectivity index (χ3v) is 6.91. The van der Waals surface area contributed by atoms with Crippen molar-refractivity contribution in [2.45, 2.75) is 12.1 Å². The number of hydrogen-bond acceptors (Lipinski definition) is 5. The highest BCUT2D eigenvalue weighted by atomic mass is 16.5. The molecule has 7 rings (SSSR count). The number of aryl methyl sites for hydroxylation is 1. The molecular weight excluding hydrogens is 434 g/mol. The molecule has 0 aliphatic carbocycles. The van der Waals surface area contributed by atoms with Crippen molar-refractivity contribution >= 4 is 33.4 Å². The first kappa shape index (κ1) is 19.0. The van der Waals surface area contributed by atoms with Gasteiger partial charge in [-0.1, -0.05) is 23.4 Å². The first-order chi connectivity index (χ1) is 16.5. The number of carbonyl (C=O) groups excluding carboxylic acids is 1. The van der Waals surface area contributed by atoms with Gasteiger partial charge in [-0.05, 0) is 24.3 Å². The number of fused-ring (bicyclic) bond motifs is 6. The van der Waals surface area contributed by atoms with Crippen molar-refractivity contribution in [2.75, 3.05) is 7.11 Å². The number of amides is 2. The highest BCUT2D eigenvalue weighted by Crippen LogP contribution is 2.46. The number of rotatable bonds is 3. The molecule has 0 fully saturated rings. The van der Waals surface area contributed by atoms with Crippen LogP contribution >= 0.6 is 0 Å². The van der Waals surface area contributed by atoms with Crippen LogP contribution in [0.25, 0.3) is 32.9 Å². The summed E-state index contributed by atoms with van der Waals surface area (Å²) in [7, 11) is 3.56. The molecule has 0 saturated heterocycles. The number of nitrogens with zero attached hydrogens (tertiary/aromatic N) is 4. The summed E-state index contributed by atoms with van der Waals surface area (Å²) in [6, 6.07) is 14.9. The molecular formula is C25H19N5O4. The van der Waals surface area contributed by atoms with Crippen molar-refractivity contribution < 1.29 is 19.2 Å². The molecule has 3 aromatic heterocycles. The van der Waals surface area contributed by atoms with E-state index in [1.165, 1.54) is 0 Å². The molecule has 0 saturated carbocycles. The minimum atomic E-state index is -1.05. The van der Waals surface area contributed by atoms with Gasteiger partial charge >= 0.3 is 6.03 Å². The number of hydrogen-bond donors (Lipinski definition) is 2. The molecule has 2 amide bonds. The molecule has 2 N–H and O–H groups in total. The van der Waals surface area contributed by atoms with Gasteiger partial charge in [0.25, 0.3) is 0 Å². The number of benzene rings is 2. The molecule has 9 nitrogen and oxygen atoms in total. The third-order valence-electron chi connectivity index (χ3n) is 6.91. The number of para-hydroxylation sites is 1. The maximum Gasteiger partial charge on any atom is 0.342 e. The Bertz CT molecular complexity index is 1710. The van der Waals surface area contributed by atoms with Crippen molar-refractivity contribution in [3.8, 4) is 22.9 Å². The van der Waals surface area contributed by atoms with Gasteiger partial charge < -0.3 is 28.8 Å². The van der Waals surface area contributed by atoms with Gasteiger partial charge in [0.1, 0.15) is 17.2 Å². The minimum Gasteiger partial charge on any atom is -0.497 e. The fourth-order valence-electron chi connectivity index (χ4n) is 5.33. The summed E-state index contributed by atoms with van der Waals surface area (Å²) in [4.78, 5) is 16.8. The molecule has 34 heavy (non-hydrogen) atoms. The lowest BCUT2D eigenvalue weighted by molar-refractivity contribution is 0.236. The predicted molar refractivity (Wildman–Crippen MR) is 125 cm³/mol. The predicted octanol–water partition coefficient (Wildman–Crippen LogP) is 3.92. The van der Waals surface area contributed by atoms with Gasteiger partial charge in [-0.2, -0.15) is 4.99 Å². The van der Waals surface area contributed by atoms with E-state index in [9.17, 15) is 9.90 Å². The van der Waals surface area contributed by atoms with Crippen LogP contribution in [-0.4, -0.2) is 38.2 Å². The summed E-state index contributed by atoms with van der Waals surface area (Å²) in [6.45, 7) is 0.236. The second-order valence-corrected chi connectivity index (χ2v) is 8.71. The average molecular weight is 453 g/mol. The van der Waals surface area contributed by atoms with Gasteiger partial charge in [-0.3, -0.25) is 0 Å². The largest absolute Gasteiger partial charge is 0.497 e. The Balaban J connectivity index is 1.39. The van der Waals surface area contributed by atoms with Crippen LogP contribution in [0.1, 0.15) is 11.5 Å². The molecule has 0 unspecified atom stereocenters. The monoisotopic (exact) mass is 453 g/mol. The Morgan fingerprint density at radius 3 is 2.85 bits per heavy atom. The van der Waals surface area contributed by atoms with Crippen LogP contribution in [0.4, 0.5) is 4.79 Å². The summed E-state index contributed by atoms with van der Waals surface area (Å²) in [5.74, 6) is 1.18. The highest BCUT2D eigenvalue weighted by Gasteiger charge is 2.55. The molecule has 168 valence electrons. The first-order valence-corrected chi connectivity index (χ1v) is 10.8. The summed E-state index contributed by atoms with van der Waals surface area (Å²) >= 11 is 0. The number of urea groups is 1. The number of aliphatic imine (C=N–C) groups is 1. The van der Waals surface area contributed by atoms with Crippen molar-refractivity contribution in [3.05, 3.63) is 66.2 Å². The van der Waals surface area contributed by atoms with E-state index in [-0.39, 0.29) is 12.4 Å². The number of aromatic nitrogens is 3. The average Bonchev–Trinajstić information content (AvgIpc) is 3.62. The van der Waals surface area contributed by atoms with E-state index < -0.39 is 11.6 Å². The van der Waals surface area contributed by atoms with E-state index in [1.807, 2.05) is 60.3 Å². The number of ether oxygens (including phenoxy) is 1. The van der Waals surface area contributed by atoms with E-state index in [1.54, 1.807) is 17.7 Å². The van der Waals surface area contributed by atoms with Crippen LogP contribution in [0.3, 0.4) is 0 Å². The van der Waals surface area contributed by atoms with E-state index in [2.05, 4.69) is 15.5 Å². The molecule has 5 heterocycles. The fourth-order valence-corrected chi connectivity index (χ4v) is 5.33. The minimum absolute atomic E-state index is 0.0865. The summed E-state index contributed by atoms with van der Waals surface area (Å²) in [5.41, 5.74) is 2.82. The third kappa shape index (κ3) is 2.25. The molecule has 2 aliphatic heterocycles. The van der Waals surface area contributed by atoms with Crippen LogP contribution in [0.15, 0.2) is 64.2 Å². The van der Waals surface area contributed by atoms with E-state index in [0.29, 0.717) is 34.0 Å². The second kappa shape index (κ2) is 6.28. The molecule has 9 heteroatoms. The highest BCUT2D eigenvalue weighted by molar-refractivity contribution is 6.23. The maximum atomic E-state index is 12.5.